The molecule has 4 aromatic rings. The summed E-state index contributed by atoms with van der Waals surface area (Å²) in [7, 11) is 1.80. The highest BCUT2D eigenvalue weighted by molar-refractivity contribution is 6.01. The first-order valence-corrected chi connectivity index (χ1v) is 9.15. The number of alkyl halides is 3. The van der Waals surface area contributed by atoms with Gasteiger partial charge in [0, 0.05) is 30.2 Å². The molecule has 31 heavy (non-hydrogen) atoms. The number of anilines is 3. The lowest BCUT2D eigenvalue weighted by molar-refractivity contribution is -0.137. The number of aryl methyl sites for hydroxylation is 1. The molecular weight excluding hydrogens is 409 g/mol. The topological polar surface area (TPSA) is 97.9 Å². The van der Waals surface area contributed by atoms with Gasteiger partial charge in [-0.3, -0.25) is 4.68 Å². The molecule has 0 saturated heterocycles. The number of rotatable bonds is 3. The lowest BCUT2D eigenvalue weighted by Gasteiger charge is -2.11. The monoisotopic (exact) mass is 426 g/mol. The number of nitrogens with one attached hydrogen (secondary N) is 2. The van der Waals surface area contributed by atoms with Gasteiger partial charge in [0.2, 0.25) is 0 Å². The average Bonchev–Trinajstić information content (AvgIpc) is 3.06. The van der Waals surface area contributed by atoms with E-state index in [1.807, 2.05) is 6.07 Å². The van der Waals surface area contributed by atoms with E-state index in [4.69, 9.17) is 5.73 Å². The molecule has 4 N–H and O–H groups in total. The van der Waals surface area contributed by atoms with Crippen molar-refractivity contribution >= 4 is 34.1 Å². The van der Waals surface area contributed by atoms with E-state index in [-0.39, 0.29) is 5.69 Å². The first-order valence-electron chi connectivity index (χ1n) is 9.15. The summed E-state index contributed by atoms with van der Waals surface area (Å²) >= 11 is 0. The van der Waals surface area contributed by atoms with Crippen LogP contribution < -0.4 is 16.4 Å². The summed E-state index contributed by atoms with van der Waals surface area (Å²) in [4.78, 5) is 16.3. The zero-order valence-corrected chi connectivity index (χ0v) is 16.2. The van der Waals surface area contributed by atoms with E-state index >= 15 is 0 Å². The number of aromatic nitrogens is 3. The molecule has 0 aliphatic carbocycles. The quantitative estimate of drug-likeness (QED) is 0.435. The minimum atomic E-state index is -4.49. The summed E-state index contributed by atoms with van der Waals surface area (Å²) in [6.07, 6.45) is -2.88. The van der Waals surface area contributed by atoms with Crippen molar-refractivity contribution in [1.82, 2.24) is 14.8 Å². The van der Waals surface area contributed by atoms with Gasteiger partial charge in [0.15, 0.2) is 0 Å². The van der Waals surface area contributed by atoms with Gasteiger partial charge in [-0.1, -0.05) is 18.2 Å². The van der Waals surface area contributed by atoms with E-state index in [0.29, 0.717) is 17.2 Å². The van der Waals surface area contributed by atoms with Gasteiger partial charge in [-0.15, -0.1) is 0 Å². The number of halogens is 3. The van der Waals surface area contributed by atoms with Crippen molar-refractivity contribution in [2.45, 2.75) is 6.18 Å². The van der Waals surface area contributed by atoms with Crippen LogP contribution in [0.2, 0.25) is 0 Å². The Hall–Kier alpha value is -4.08. The number of nitrogens with two attached hydrogens (primary N) is 1. The number of hydrogen-bond acceptors (Lipinski definition) is 4. The molecule has 0 saturated carbocycles. The molecular formula is C21H17F3N6O. The summed E-state index contributed by atoms with van der Waals surface area (Å²) in [5.74, 6) is 0.364. The number of nitrogen functional groups attached to an aromatic ring is 1. The molecule has 0 radical (unpaired) electrons. The van der Waals surface area contributed by atoms with E-state index in [9.17, 15) is 18.0 Å². The Labute approximate surface area is 174 Å². The molecule has 0 spiro atoms. The molecule has 2 aromatic carbocycles. The minimum absolute atomic E-state index is 0.0341. The molecule has 0 fully saturated rings. The van der Waals surface area contributed by atoms with Crippen LogP contribution in [0.3, 0.4) is 0 Å². The van der Waals surface area contributed by atoms with Crippen molar-refractivity contribution in [1.29, 1.82) is 0 Å². The van der Waals surface area contributed by atoms with E-state index in [1.165, 1.54) is 12.1 Å². The SMILES string of the molecule is Cn1nc(-c2ccc(NC(=O)Nc3cccc(C(F)(F)F)c3)cc2)c2c(N)nccc21. The number of nitrogens with zero attached hydrogens (tertiary/aromatic N) is 3. The van der Waals surface area contributed by atoms with Crippen LogP contribution >= 0.6 is 0 Å². The van der Waals surface area contributed by atoms with Gasteiger partial charge in [0.1, 0.15) is 11.5 Å². The Balaban J connectivity index is 1.50. The fraction of sp³-hybridized carbons (Fsp3) is 0.0952. The molecule has 2 amide bonds. The fourth-order valence-corrected chi connectivity index (χ4v) is 3.21. The number of carbonyl (C=O) groups excluding carboxylic acids is 1. The maximum atomic E-state index is 12.8. The third-order valence-corrected chi connectivity index (χ3v) is 4.66. The standard InChI is InChI=1S/C21H17F3N6O/c1-30-16-9-10-26-19(25)17(16)18(29-30)12-5-7-14(8-6-12)27-20(31)28-15-4-2-3-13(11-15)21(22,23)24/h2-11H,1H3,(H2,25,26)(H2,27,28,31). The third kappa shape index (κ3) is 4.13. The molecule has 7 nitrogen and oxygen atoms in total. The van der Waals surface area contributed by atoms with Crippen LogP contribution in [0.4, 0.5) is 35.2 Å². The van der Waals surface area contributed by atoms with Gasteiger partial charge >= 0.3 is 12.2 Å². The fourth-order valence-electron chi connectivity index (χ4n) is 3.21. The van der Waals surface area contributed by atoms with Gasteiger partial charge in [-0.2, -0.15) is 18.3 Å². The summed E-state index contributed by atoms with van der Waals surface area (Å²) in [5, 5.41) is 10.2. The highest BCUT2D eigenvalue weighted by Crippen LogP contribution is 2.32. The van der Waals surface area contributed by atoms with Crippen LogP contribution in [0.5, 0.6) is 0 Å². The first-order chi connectivity index (χ1) is 14.7. The van der Waals surface area contributed by atoms with Crippen molar-refractivity contribution in [3.8, 4) is 11.3 Å². The number of carbonyl (C=O) groups is 1. The van der Waals surface area contributed by atoms with Gasteiger partial charge in [-0.05, 0) is 36.4 Å². The normalized spacial score (nSPS) is 11.5. The molecule has 2 heterocycles. The van der Waals surface area contributed by atoms with Crippen molar-refractivity contribution < 1.29 is 18.0 Å². The summed E-state index contributed by atoms with van der Waals surface area (Å²) < 4.78 is 40.1. The van der Waals surface area contributed by atoms with E-state index in [0.717, 1.165) is 28.6 Å². The molecule has 10 heteroatoms. The van der Waals surface area contributed by atoms with Gasteiger partial charge in [-0.25, -0.2) is 9.78 Å². The second-order valence-electron chi connectivity index (χ2n) is 6.80. The van der Waals surface area contributed by atoms with Crippen molar-refractivity contribution in [3.05, 3.63) is 66.4 Å². The van der Waals surface area contributed by atoms with Crippen LogP contribution in [0, 0.1) is 0 Å². The number of hydrogen-bond donors (Lipinski definition) is 3. The lowest BCUT2D eigenvalue weighted by Crippen LogP contribution is -2.19. The molecule has 0 bridgehead atoms. The molecule has 4 rings (SSSR count). The van der Waals surface area contributed by atoms with Gasteiger partial charge < -0.3 is 16.4 Å². The van der Waals surface area contributed by atoms with Crippen LogP contribution in [0.1, 0.15) is 5.56 Å². The summed E-state index contributed by atoms with van der Waals surface area (Å²) in [6, 6.07) is 12.4. The first kappa shape index (κ1) is 20.2. The Morgan fingerprint density at radius 1 is 1.03 bits per heavy atom. The summed E-state index contributed by atoms with van der Waals surface area (Å²) in [6.45, 7) is 0. The smallest absolute Gasteiger partial charge is 0.383 e. The van der Waals surface area contributed by atoms with Crippen LogP contribution in [0.15, 0.2) is 60.8 Å². The Morgan fingerprint density at radius 2 is 1.74 bits per heavy atom. The average molecular weight is 426 g/mol. The third-order valence-electron chi connectivity index (χ3n) is 4.66. The number of pyridine rings is 1. The second-order valence-corrected chi connectivity index (χ2v) is 6.80. The zero-order valence-electron chi connectivity index (χ0n) is 16.2. The predicted molar refractivity (Wildman–Crippen MR) is 112 cm³/mol. The Bertz CT molecular complexity index is 1260. The second kappa shape index (κ2) is 7.63. The van der Waals surface area contributed by atoms with Crippen LogP contribution in [0.25, 0.3) is 22.2 Å². The zero-order chi connectivity index (χ0) is 22.2. The maximum absolute atomic E-state index is 12.8. The molecule has 0 aliphatic heterocycles. The van der Waals surface area contributed by atoms with E-state index < -0.39 is 17.8 Å². The molecule has 158 valence electrons. The predicted octanol–water partition coefficient (Wildman–Crippen LogP) is 4.88. The van der Waals surface area contributed by atoms with E-state index in [1.54, 1.807) is 42.2 Å². The lowest BCUT2D eigenvalue weighted by atomic mass is 10.1. The Kier molecular flexibility index (Phi) is 4.97. The number of amides is 2. The minimum Gasteiger partial charge on any atom is -0.383 e. The highest BCUT2D eigenvalue weighted by Gasteiger charge is 2.30. The maximum Gasteiger partial charge on any atom is 0.416 e. The number of fused-ring (bicyclic) bond motifs is 1. The van der Waals surface area contributed by atoms with Crippen molar-refractivity contribution in [2.75, 3.05) is 16.4 Å². The molecule has 2 aromatic heterocycles. The van der Waals surface area contributed by atoms with Crippen LogP contribution in [-0.4, -0.2) is 20.8 Å². The molecule has 0 aliphatic rings. The molecule has 0 atom stereocenters. The number of benzene rings is 2. The van der Waals surface area contributed by atoms with Crippen LogP contribution in [-0.2, 0) is 13.2 Å². The number of urea groups is 1. The highest BCUT2D eigenvalue weighted by atomic mass is 19.4. The van der Waals surface area contributed by atoms with Gasteiger partial charge in [0.05, 0.1) is 16.5 Å². The summed E-state index contributed by atoms with van der Waals surface area (Å²) in [5.41, 5.74) is 7.93. The Morgan fingerprint density at radius 3 is 2.45 bits per heavy atom. The van der Waals surface area contributed by atoms with Gasteiger partial charge in [0.25, 0.3) is 0 Å². The largest absolute Gasteiger partial charge is 0.416 e. The molecule has 0 unspecified atom stereocenters. The van der Waals surface area contributed by atoms with E-state index in [2.05, 4.69) is 20.7 Å². The van der Waals surface area contributed by atoms with Crippen molar-refractivity contribution in [2.24, 2.45) is 7.05 Å². The van der Waals surface area contributed by atoms with Crippen molar-refractivity contribution in [3.63, 3.8) is 0 Å².